The number of nitrogens with zero attached hydrogens (tertiary/aromatic N) is 5. The Bertz CT molecular complexity index is 939. The number of rotatable bonds is 5. The van der Waals surface area contributed by atoms with Crippen LogP contribution >= 0.6 is 0 Å². The summed E-state index contributed by atoms with van der Waals surface area (Å²) in [6.45, 7) is 6.00. The third-order valence-electron chi connectivity index (χ3n) is 4.91. The molecule has 144 valence electrons. The Morgan fingerprint density at radius 1 is 1.00 bits per heavy atom. The molecule has 7 heteroatoms. The van der Waals surface area contributed by atoms with E-state index < -0.39 is 0 Å². The van der Waals surface area contributed by atoms with Crippen LogP contribution in [0.5, 0.6) is 0 Å². The van der Waals surface area contributed by atoms with Gasteiger partial charge in [-0.1, -0.05) is 30.3 Å². The molecule has 0 aliphatic carbocycles. The Morgan fingerprint density at radius 2 is 1.79 bits per heavy atom. The molecule has 0 atom stereocenters. The molecular formula is C21H23FN6. The molecule has 1 aliphatic rings. The maximum atomic E-state index is 13.8. The molecule has 2 heterocycles. The smallest absolute Gasteiger partial charge is 0.244 e. The third kappa shape index (κ3) is 4.19. The predicted octanol–water partition coefficient (Wildman–Crippen LogP) is 3.26. The summed E-state index contributed by atoms with van der Waals surface area (Å²) in [5.41, 5.74) is 3.10. The van der Waals surface area contributed by atoms with E-state index in [4.69, 9.17) is 0 Å². The van der Waals surface area contributed by atoms with Gasteiger partial charge in [0.05, 0.1) is 6.20 Å². The molecule has 0 unspecified atom stereocenters. The number of aryl methyl sites for hydroxylation is 1. The molecule has 1 saturated heterocycles. The van der Waals surface area contributed by atoms with Crippen molar-refractivity contribution in [3.63, 3.8) is 0 Å². The molecule has 6 nitrogen and oxygen atoms in total. The minimum atomic E-state index is -0.244. The molecule has 0 radical (unpaired) electrons. The van der Waals surface area contributed by atoms with Crippen LogP contribution in [0.25, 0.3) is 0 Å². The van der Waals surface area contributed by atoms with Gasteiger partial charge in [0.15, 0.2) is 5.82 Å². The maximum Gasteiger partial charge on any atom is 0.244 e. The van der Waals surface area contributed by atoms with Gasteiger partial charge in [-0.3, -0.25) is 0 Å². The minimum absolute atomic E-state index is 0.244. The second kappa shape index (κ2) is 8.21. The van der Waals surface area contributed by atoms with Gasteiger partial charge in [-0.05, 0) is 30.7 Å². The number of benzene rings is 2. The van der Waals surface area contributed by atoms with E-state index in [9.17, 15) is 4.39 Å². The highest BCUT2D eigenvalue weighted by Gasteiger charge is 2.19. The van der Waals surface area contributed by atoms with Gasteiger partial charge in [0, 0.05) is 44.0 Å². The summed E-state index contributed by atoms with van der Waals surface area (Å²) in [7, 11) is 0. The van der Waals surface area contributed by atoms with E-state index in [-0.39, 0.29) is 5.82 Å². The lowest BCUT2D eigenvalue weighted by Gasteiger charge is -2.36. The molecule has 1 N–H and O–H groups in total. The van der Waals surface area contributed by atoms with Gasteiger partial charge in [-0.2, -0.15) is 10.1 Å². The maximum absolute atomic E-state index is 13.8. The molecule has 0 bridgehead atoms. The second-order valence-corrected chi connectivity index (χ2v) is 6.90. The zero-order valence-electron chi connectivity index (χ0n) is 15.8. The number of anilines is 3. The van der Waals surface area contributed by atoms with Crippen molar-refractivity contribution in [1.29, 1.82) is 0 Å². The molecule has 1 aliphatic heterocycles. The van der Waals surface area contributed by atoms with Gasteiger partial charge < -0.3 is 15.1 Å². The monoisotopic (exact) mass is 378 g/mol. The van der Waals surface area contributed by atoms with Crippen molar-refractivity contribution in [3.8, 4) is 0 Å². The van der Waals surface area contributed by atoms with E-state index in [2.05, 4.69) is 61.5 Å². The Morgan fingerprint density at radius 3 is 2.57 bits per heavy atom. The fourth-order valence-electron chi connectivity index (χ4n) is 3.36. The highest BCUT2D eigenvalue weighted by molar-refractivity contribution is 5.51. The summed E-state index contributed by atoms with van der Waals surface area (Å²) in [4.78, 5) is 9.14. The van der Waals surface area contributed by atoms with Crippen molar-refractivity contribution in [2.45, 2.75) is 13.5 Å². The number of halogens is 1. The summed E-state index contributed by atoms with van der Waals surface area (Å²) in [5.74, 6) is 0.947. The van der Waals surface area contributed by atoms with Gasteiger partial charge in [0.2, 0.25) is 5.95 Å². The fraction of sp³-hybridized carbons (Fsp3) is 0.286. The topological polar surface area (TPSA) is 57.2 Å². The summed E-state index contributed by atoms with van der Waals surface area (Å²) in [6.07, 6.45) is 1.68. The average molecular weight is 378 g/mol. The van der Waals surface area contributed by atoms with Crippen molar-refractivity contribution in [3.05, 3.63) is 71.7 Å². The van der Waals surface area contributed by atoms with Crippen molar-refractivity contribution < 1.29 is 4.39 Å². The lowest BCUT2D eigenvalue weighted by molar-refractivity contribution is 0.612. The molecule has 0 spiro atoms. The van der Waals surface area contributed by atoms with Crippen LogP contribution in [-0.2, 0) is 6.54 Å². The van der Waals surface area contributed by atoms with Crippen LogP contribution in [0.4, 0.5) is 21.8 Å². The van der Waals surface area contributed by atoms with E-state index in [1.54, 1.807) is 18.3 Å². The van der Waals surface area contributed by atoms with Crippen LogP contribution in [0, 0.1) is 12.7 Å². The van der Waals surface area contributed by atoms with Crippen molar-refractivity contribution in [2.75, 3.05) is 41.3 Å². The predicted molar refractivity (Wildman–Crippen MR) is 109 cm³/mol. The van der Waals surface area contributed by atoms with E-state index >= 15 is 0 Å². The summed E-state index contributed by atoms with van der Waals surface area (Å²) >= 11 is 0. The fourth-order valence-corrected chi connectivity index (χ4v) is 3.36. The molecule has 28 heavy (non-hydrogen) atoms. The highest BCUT2D eigenvalue weighted by atomic mass is 19.1. The van der Waals surface area contributed by atoms with Crippen molar-refractivity contribution in [2.24, 2.45) is 0 Å². The van der Waals surface area contributed by atoms with Crippen molar-refractivity contribution in [1.82, 2.24) is 15.2 Å². The van der Waals surface area contributed by atoms with Crippen LogP contribution in [0.15, 0.2) is 54.7 Å². The molecule has 4 rings (SSSR count). The zero-order chi connectivity index (χ0) is 19.3. The Hall–Kier alpha value is -3.22. The van der Waals surface area contributed by atoms with E-state index in [0.717, 1.165) is 32.0 Å². The van der Waals surface area contributed by atoms with Gasteiger partial charge in [-0.15, -0.1) is 5.10 Å². The molecule has 1 fully saturated rings. The third-order valence-corrected chi connectivity index (χ3v) is 4.91. The minimum Gasteiger partial charge on any atom is -0.368 e. The van der Waals surface area contributed by atoms with Gasteiger partial charge >= 0.3 is 0 Å². The average Bonchev–Trinajstić information content (AvgIpc) is 2.73. The van der Waals surface area contributed by atoms with Crippen LogP contribution in [0.3, 0.4) is 0 Å². The van der Waals surface area contributed by atoms with Gasteiger partial charge in [-0.25, -0.2) is 4.39 Å². The lowest BCUT2D eigenvalue weighted by atomic mass is 10.2. The van der Waals surface area contributed by atoms with Crippen LogP contribution in [-0.4, -0.2) is 41.4 Å². The Balaban J connectivity index is 1.38. The number of nitrogens with one attached hydrogen (secondary N) is 1. The van der Waals surface area contributed by atoms with E-state index in [1.165, 1.54) is 17.3 Å². The SMILES string of the molecule is Cc1cccc(N2CCN(c3cnnc(NCc4ccccc4F)n3)CC2)c1. The van der Waals surface area contributed by atoms with Crippen molar-refractivity contribution >= 4 is 17.5 Å². The summed E-state index contributed by atoms with van der Waals surface area (Å²) in [6, 6.07) is 15.2. The first kappa shape index (κ1) is 18.2. The van der Waals surface area contributed by atoms with Crippen LogP contribution in [0.1, 0.15) is 11.1 Å². The van der Waals surface area contributed by atoms with Gasteiger partial charge in [0.25, 0.3) is 0 Å². The number of hydrogen-bond acceptors (Lipinski definition) is 6. The van der Waals surface area contributed by atoms with Crippen LogP contribution < -0.4 is 15.1 Å². The number of hydrogen-bond donors (Lipinski definition) is 1. The van der Waals surface area contributed by atoms with E-state index in [0.29, 0.717) is 18.1 Å². The first-order chi connectivity index (χ1) is 13.7. The van der Waals surface area contributed by atoms with Gasteiger partial charge in [0.1, 0.15) is 5.82 Å². The Kier molecular flexibility index (Phi) is 5.32. The first-order valence-corrected chi connectivity index (χ1v) is 9.42. The quantitative estimate of drug-likeness (QED) is 0.736. The zero-order valence-corrected chi connectivity index (χ0v) is 15.8. The first-order valence-electron chi connectivity index (χ1n) is 9.42. The lowest BCUT2D eigenvalue weighted by Crippen LogP contribution is -2.47. The largest absolute Gasteiger partial charge is 0.368 e. The molecule has 0 saturated carbocycles. The second-order valence-electron chi connectivity index (χ2n) is 6.90. The normalized spacial score (nSPS) is 14.2. The highest BCUT2D eigenvalue weighted by Crippen LogP contribution is 2.20. The molecule has 2 aromatic carbocycles. The van der Waals surface area contributed by atoms with E-state index in [1.807, 2.05) is 6.07 Å². The standard InChI is InChI=1S/C21H23FN6/c1-16-5-4-7-18(13-16)27-9-11-28(12-10-27)20-15-24-26-21(25-20)23-14-17-6-2-3-8-19(17)22/h2-8,13,15H,9-12,14H2,1H3,(H,23,25,26). The molecule has 1 aromatic heterocycles. The van der Waals surface area contributed by atoms with Crippen LogP contribution in [0.2, 0.25) is 0 Å². The summed E-state index contributed by atoms with van der Waals surface area (Å²) < 4.78 is 13.8. The molecule has 0 amide bonds. The Labute approximate surface area is 164 Å². The molecule has 3 aromatic rings. The molecular weight excluding hydrogens is 355 g/mol. The number of aromatic nitrogens is 3. The number of piperazine rings is 1. The summed E-state index contributed by atoms with van der Waals surface area (Å²) in [5, 5.41) is 11.1.